The SMILES string of the molecule is COc1ccc([Te]CCN2CCOCC2)cc1. The van der Waals surface area contributed by atoms with E-state index in [4.69, 9.17) is 9.47 Å². The number of rotatable bonds is 5. The topological polar surface area (TPSA) is 21.7 Å². The van der Waals surface area contributed by atoms with Crippen molar-refractivity contribution in [1.29, 1.82) is 0 Å². The molecule has 0 atom stereocenters. The molecular weight excluding hydrogens is 330 g/mol. The van der Waals surface area contributed by atoms with E-state index in [1.54, 1.807) is 7.11 Å². The minimum absolute atomic E-state index is 0.0376. The first-order valence-corrected chi connectivity index (χ1v) is 8.77. The molecule has 0 aromatic heterocycles. The molecule has 4 heteroatoms. The first kappa shape index (κ1) is 13.2. The summed E-state index contributed by atoms with van der Waals surface area (Å²) in [4.78, 5) is 2.51. The quantitative estimate of drug-likeness (QED) is 0.734. The summed E-state index contributed by atoms with van der Waals surface area (Å²) in [5.74, 6) is 0.953. The van der Waals surface area contributed by atoms with Gasteiger partial charge < -0.3 is 0 Å². The van der Waals surface area contributed by atoms with E-state index in [9.17, 15) is 0 Å². The third kappa shape index (κ3) is 4.48. The van der Waals surface area contributed by atoms with Crippen molar-refractivity contribution >= 4 is 24.5 Å². The molecule has 1 heterocycles. The van der Waals surface area contributed by atoms with Crippen LogP contribution in [0.1, 0.15) is 0 Å². The predicted octanol–water partition coefficient (Wildman–Crippen LogP) is 0.775. The number of ether oxygens (including phenoxy) is 2. The van der Waals surface area contributed by atoms with Crippen LogP contribution in [0.15, 0.2) is 24.3 Å². The van der Waals surface area contributed by atoms with Gasteiger partial charge >= 0.3 is 113 Å². The molecule has 1 aromatic rings. The van der Waals surface area contributed by atoms with Crippen molar-refractivity contribution in [3.05, 3.63) is 24.3 Å². The molecule has 94 valence electrons. The zero-order valence-electron chi connectivity index (χ0n) is 10.2. The van der Waals surface area contributed by atoms with Crippen molar-refractivity contribution in [2.45, 2.75) is 4.47 Å². The maximum atomic E-state index is 5.34. The Morgan fingerprint density at radius 2 is 1.94 bits per heavy atom. The fraction of sp³-hybridized carbons (Fsp3) is 0.538. The summed E-state index contributed by atoms with van der Waals surface area (Å²) in [6.45, 7) is 5.26. The Labute approximate surface area is 113 Å². The van der Waals surface area contributed by atoms with Crippen molar-refractivity contribution in [1.82, 2.24) is 4.90 Å². The molecule has 0 amide bonds. The number of morpholine rings is 1. The van der Waals surface area contributed by atoms with Gasteiger partial charge in [-0.15, -0.1) is 0 Å². The van der Waals surface area contributed by atoms with Crippen molar-refractivity contribution in [2.75, 3.05) is 40.0 Å². The second-order valence-electron chi connectivity index (χ2n) is 3.98. The first-order valence-electron chi connectivity index (χ1n) is 5.95. The van der Waals surface area contributed by atoms with Gasteiger partial charge in [-0.25, -0.2) is 0 Å². The second kappa shape index (κ2) is 7.23. The van der Waals surface area contributed by atoms with E-state index >= 15 is 0 Å². The van der Waals surface area contributed by atoms with Crippen LogP contribution in [0.25, 0.3) is 0 Å². The van der Waals surface area contributed by atoms with Gasteiger partial charge in [-0.05, 0) is 0 Å². The van der Waals surface area contributed by atoms with Crippen LogP contribution >= 0.6 is 0 Å². The van der Waals surface area contributed by atoms with Gasteiger partial charge in [-0.2, -0.15) is 0 Å². The summed E-state index contributed by atoms with van der Waals surface area (Å²) < 4.78 is 13.4. The van der Waals surface area contributed by atoms with E-state index in [0.29, 0.717) is 0 Å². The summed E-state index contributed by atoms with van der Waals surface area (Å²) >= 11 is -0.0376. The van der Waals surface area contributed by atoms with Crippen LogP contribution < -0.4 is 8.35 Å². The fourth-order valence-corrected chi connectivity index (χ4v) is 4.40. The van der Waals surface area contributed by atoms with Gasteiger partial charge in [0, 0.05) is 0 Å². The van der Waals surface area contributed by atoms with E-state index in [1.165, 1.54) is 14.6 Å². The standard InChI is InChI=1S/C13H19NO2Te/c1-15-12-2-4-13(5-3-12)17-11-8-14-6-9-16-10-7-14/h2-5H,6-11H2,1H3. The third-order valence-electron chi connectivity index (χ3n) is 2.84. The average Bonchev–Trinajstić information content (AvgIpc) is 2.41. The monoisotopic (exact) mass is 351 g/mol. The normalized spacial score (nSPS) is 17.0. The zero-order valence-corrected chi connectivity index (χ0v) is 12.6. The van der Waals surface area contributed by atoms with Crippen LogP contribution in [0.2, 0.25) is 4.47 Å². The van der Waals surface area contributed by atoms with Gasteiger partial charge in [-0.3, -0.25) is 0 Å². The Balaban J connectivity index is 1.69. The van der Waals surface area contributed by atoms with Crippen LogP contribution in [-0.2, 0) is 4.74 Å². The summed E-state index contributed by atoms with van der Waals surface area (Å²) in [6.07, 6.45) is 0. The molecule has 1 fully saturated rings. The van der Waals surface area contributed by atoms with Crippen LogP contribution in [0.4, 0.5) is 0 Å². The third-order valence-corrected chi connectivity index (χ3v) is 5.67. The molecule has 2 rings (SSSR count). The molecule has 1 aliphatic heterocycles. The fourth-order valence-electron chi connectivity index (χ4n) is 1.79. The van der Waals surface area contributed by atoms with Crippen molar-refractivity contribution in [3.8, 4) is 5.75 Å². The van der Waals surface area contributed by atoms with Gasteiger partial charge in [0.05, 0.1) is 0 Å². The summed E-state index contributed by atoms with van der Waals surface area (Å²) in [7, 11) is 1.71. The molecule has 0 N–H and O–H groups in total. The molecule has 0 saturated carbocycles. The molecule has 0 radical (unpaired) electrons. The molecular formula is C13H19NO2Te. The van der Waals surface area contributed by atoms with E-state index in [1.807, 2.05) is 0 Å². The van der Waals surface area contributed by atoms with Gasteiger partial charge in [-0.1, -0.05) is 0 Å². The van der Waals surface area contributed by atoms with Gasteiger partial charge in [0.25, 0.3) is 0 Å². The Kier molecular flexibility index (Phi) is 5.60. The second-order valence-corrected chi connectivity index (χ2v) is 7.31. The van der Waals surface area contributed by atoms with E-state index < -0.39 is 0 Å². The molecule has 0 aliphatic carbocycles. The van der Waals surface area contributed by atoms with Crippen molar-refractivity contribution in [2.24, 2.45) is 0 Å². The molecule has 1 aliphatic rings. The van der Waals surface area contributed by atoms with E-state index in [-0.39, 0.29) is 20.9 Å². The first-order chi connectivity index (χ1) is 8.38. The Morgan fingerprint density at radius 3 is 2.59 bits per heavy atom. The van der Waals surface area contributed by atoms with E-state index in [2.05, 4.69) is 29.2 Å². The number of methoxy groups -OCH3 is 1. The Morgan fingerprint density at radius 1 is 1.24 bits per heavy atom. The average molecular weight is 349 g/mol. The van der Waals surface area contributed by atoms with Crippen molar-refractivity contribution in [3.63, 3.8) is 0 Å². The van der Waals surface area contributed by atoms with Gasteiger partial charge in [0.2, 0.25) is 0 Å². The molecule has 1 saturated heterocycles. The number of hydrogen-bond acceptors (Lipinski definition) is 3. The molecule has 1 aromatic carbocycles. The molecule has 17 heavy (non-hydrogen) atoms. The van der Waals surface area contributed by atoms with Crippen LogP contribution in [0.3, 0.4) is 0 Å². The van der Waals surface area contributed by atoms with Crippen LogP contribution in [0.5, 0.6) is 5.75 Å². The van der Waals surface area contributed by atoms with Crippen molar-refractivity contribution < 1.29 is 9.47 Å². The number of benzene rings is 1. The van der Waals surface area contributed by atoms with E-state index in [0.717, 1.165) is 32.1 Å². The van der Waals surface area contributed by atoms with Crippen LogP contribution in [0, 0.1) is 0 Å². The minimum atomic E-state index is -0.0376. The zero-order chi connectivity index (χ0) is 11.9. The van der Waals surface area contributed by atoms with Crippen LogP contribution in [-0.4, -0.2) is 65.8 Å². The molecule has 3 nitrogen and oxygen atoms in total. The Bertz CT molecular complexity index is 323. The number of nitrogens with zero attached hydrogens (tertiary/aromatic N) is 1. The Hall–Kier alpha value is -0.270. The molecule has 0 unspecified atom stereocenters. The molecule has 0 bridgehead atoms. The van der Waals surface area contributed by atoms with Gasteiger partial charge in [0.1, 0.15) is 0 Å². The molecule has 0 spiro atoms. The summed E-state index contributed by atoms with van der Waals surface area (Å²) in [5.41, 5.74) is 0. The summed E-state index contributed by atoms with van der Waals surface area (Å²) in [5, 5.41) is 0. The van der Waals surface area contributed by atoms with Gasteiger partial charge in [0.15, 0.2) is 0 Å². The number of hydrogen-bond donors (Lipinski definition) is 0. The predicted molar refractivity (Wildman–Crippen MR) is 70.4 cm³/mol. The summed E-state index contributed by atoms with van der Waals surface area (Å²) in [6, 6.07) is 8.55. The maximum absolute atomic E-state index is 5.34.